The largest absolute Gasteiger partial charge is 0.294 e. The first-order valence-corrected chi connectivity index (χ1v) is 9.76. The molecule has 0 amide bonds. The van der Waals surface area contributed by atoms with E-state index in [1.165, 1.54) is 22.3 Å². The van der Waals surface area contributed by atoms with Gasteiger partial charge in [-0.05, 0) is 23.1 Å². The average molecular weight is 367 g/mol. The maximum absolute atomic E-state index is 4.33. The fourth-order valence-electron chi connectivity index (χ4n) is 3.51. The van der Waals surface area contributed by atoms with Gasteiger partial charge in [0.05, 0.1) is 11.9 Å². The summed E-state index contributed by atoms with van der Waals surface area (Å²) in [6, 6.07) is 31.8. The molecule has 1 heterocycles. The molecule has 3 nitrogen and oxygen atoms in total. The quantitative estimate of drug-likeness (QED) is 0.457. The van der Waals surface area contributed by atoms with Gasteiger partial charge in [0.1, 0.15) is 0 Å². The van der Waals surface area contributed by atoms with Crippen molar-refractivity contribution >= 4 is 0 Å². The first kappa shape index (κ1) is 18.2. The Hall–Kier alpha value is -3.17. The van der Waals surface area contributed by atoms with Crippen molar-refractivity contribution in [3.8, 4) is 11.3 Å². The van der Waals surface area contributed by atoms with Crippen LogP contribution in [0.25, 0.3) is 11.3 Å². The van der Waals surface area contributed by atoms with E-state index in [0.29, 0.717) is 0 Å². The van der Waals surface area contributed by atoms with Gasteiger partial charge in [-0.2, -0.15) is 5.10 Å². The minimum Gasteiger partial charge on any atom is -0.294 e. The molecule has 1 N–H and O–H groups in total. The third-order valence-electron chi connectivity index (χ3n) is 4.98. The zero-order valence-electron chi connectivity index (χ0n) is 16.0. The number of hydrogen-bond donors (Lipinski definition) is 1. The van der Waals surface area contributed by atoms with Crippen molar-refractivity contribution in [1.29, 1.82) is 0 Å². The van der Waals surface area contributed by atoms with Crippen molar-refractivity contribution in [3.05, 3.63) is 114 Å². The molecule has 0 saturated heterocycles. The van der Waals surface area contributed by atoms with Crippen molar-refractivity contribution in [3.63, 3.8) is 0 Å². The van der Waals surface area contributed by atoms with Gasteiger partial charge < -0.3 is 0 Å². The van der Waals surface area contributed by atoms with Crippen LogP contribution in [0, 0.1) is 0 Å². The normalized spacial score (nSPS) is 11.0. The van der Waals surface area contributed by atoms with Crippen LogP contribution in [0.2, 0.25) is 0 Å². The van der Waals surface area contributed by atoms with Gasteiger partial charge in [-0.1, -0.05) is 91.0 Å². The van der Waals surface area contributed by atoms with E-state index in [1.54, 1.807) is 0 Å². The Morgan fingerprint density at radius 3 is 1.96 bits per heavy atom. The molecule has 3 aromatic carbocycles. The molecular formula is C25H25N3. The molecule has 0 spiro atoms. The predicted octanol–water partition coefficient (Wildman–Crippen LogP) is 5.32. The third-order valence-corrected chi connectivity index (χ3v) is 4.98. The first-order chi connectivity index (χ1) is 13.9. The Kier molecular flexibility index (Phi) is 5.95. The lowest BCUT2D eigenvalue weighted by Gasteiger charge is -2.22. The Bertz CT molecular complexity index is 962. The number of benzene rings is 3. The Morgan fingerprint density at radius 1 is 0.679 bits per heavy atom. The summed E-state index contributed by atoms with van der Waals surface area (Å²) in [5.41, 5.74) is 6.22. The number of rotatable bonds is 8. The second-order valence-electron chi connectivity index (χ2n) is 7.07. The second-order valence-corrected chi connectivity index (χ2v) is 7.07. The van der Waals surface area contributed by atoms with Gasteiger partial charge in [0.2, 0.25) is 0 Å². The summed E-state index contributed by atoms with van der Waals surface area (Å²) in [5, 5.41) is 7.51. The number of H-pyrrole nitrogens is 1. The zero-order valence-corrected chi connectivity index (χ0v) is 16.0. The number of aromatic nitrogens is 2. The van der Waals surface area contributed by atoms with Crippen molar-refractivity contribution in [2.45, 2.75) is 19.5 Å². The molecule has 0 aliphatic heterocycles. The molecular weight excluding hydrogens is 342 g/mol. The summed E-state index contributed by atoms with van der Waals surface area (Å²) >= 11 is 0. The molecule has 4 aromatic rings. The van der Waals surface area contributed by atoms with E-state index in [0.717, 1.165) is 31.7 Å². The SMILES string of the molecule is c1ccc(CCN(Cc2ccccc2)Cc2cn[nH]c2-c2ccccc2)cc1. The average Bonchev–Trinajstić information content (AvgIpc) is 3.22. The summed E-state index contributed by atoms with van der Waals surface area (Å²) in [5.74, 6) is 0. The van der Waals surface area contributed by atoms with Crippen LogP contribution in [0.4, 0.5) is 0 Å². The molecule has 4 rings (SSSR count). The monoisotopic (exact) mass is 367 g/mol. The summed E-state index contributed by atoms with van der Waals surface area (Å²) in [7, 11) is 0. The lowest BCUT2D eigenvalue weighted by Crippen LogP contribution is -2.25. The number of nitrogens with zero attached hydrogens (tertiary/aromatic N) is 2. The van der Waals surface area contributed by atoms with Gasteiger partial charge >= 0.3 is 0 Å². The lowest BCUT2D eigenvalue weighted by molar-refractivity contribution is 0.260. The number of aromatic amines is 1. The van der Waals surface area contributed by atoms with Crippen LogP contribution < -0.4 is 0 Å². The van der Waals surface area contributed by atoms with Gasteiger partial charge in [-0.25, -0.2) is 0 Å². The minimum atomic E-state index is 0.864. The highest BCUT2D eigenvalue weighted by Gasteiger charge is 2.13. The zero-order chi connectivity index (χ0) is 19.0. The fourth-order valence-corrected chi connectivity index (χ4v) is 3.51. The van der Waals surface area contributed by atoms with Crippen molar-refractivity contribution in [2.75, 3.05) is 6.54 Å². The standard InChI is InChI=1S/C25H25N3/c1-4-10-21(11-5-1)16-17-28(19-22-12-6-2-7-13-22)20-24-18-26-27-25(24)23-14-8-3-9-15-23/h1-15,18H,16-17,19-20H2,(H,26,27). The molecule has 0 aliphatic rings. The highest BCUT2D eigenvalue weighted by Crippen LogP contribution is 2.22. The van der Waals surface area contributed by atoms with E-state index < -0.39 is 0 Å². The van der Waals surface area contributed by atoms with Crippen LogP contribution in [0.1, 0.15) is 16.7 Å². The molecule has 0 bridgehead atoms. The van der Waals surface area contributed by atoms with E-state index in [9.17, 15) is 0 Å². The van der Waals surface area contributed by atoms with E-state index in [2.05, 4.69) is 100 Å². The Balaban J connectivity index is 1.53. The van der Waals surface area contributed by atoms with Crippen LogP contribution >= 0.6 is 0 Å². The molecule has 0 radical (unpaired) electrons. The van der Waals surface area contributed by atoms with Crippen LogP contribution in [0.15, 0.2) is 97.2 Å². The van der Waals surface area contributed by atoms with Gasteiger partial charge in [-0.3, -0.25) is 10.00 Å². The van der Waals surface area contributed by atoms with Gasteiger partial charge in [0.15, 0.2) is 0 Å². The van der Waals surface area contributed by atoms with E-state index in [4.69, 9.17) is 0 Å². The van der Waals surface area contributed by atoms with Gasteiger partial charge in [0, 0.05) is 25.2 Å². The molecule has 140 valence electrons. The summed E-state index contributed by atoms with van der Waals surface area (Å²) < 4.78 is 0. The lowest BCUT2D eigenvalue weighted by atomic mass is 10.1. The second kappa shape index (κ2) is 9.16. The summed E-state index contributed by atoms with van der Waals surface area (Å²) in [4.78, 5) is 2.50. The number of hydrogen-bond acceptors (Lipinski definition) is 2. The smallest absolute Gasteiger partial charge is 0.0695 e. The van der Waals surface area contributed by atoms with E-state index >= 15 is 0 Å². The minimum absolute atomic E-state index is 0.864. The maximum Gasteiger partial charge on any atom is 0.0695 e. The Labute approximate surface area is 166 Å². The van der Waals surface area contributed by atoms with Crippen molar-refractivity contribution < 1.29 is 0 Å². The topological polar surface area (TPSA) is 31.9 Å². The number of nitrogens with one attached hydrogen (secondary N) is 1. The van der Waals surface area contributed by atoms with Crippen molar-refractivity contribution in [2.24, 2.45) is 0 Å². The predicted molar refractivity (Wildman–Crippen MR) is 115 cm³/mol. The fraction of sp³-hybridized carbons (Fsp3) is 0.160. The third kappa shape index (κ3) is 4.76. The summed E-state index contributed by atoms with van der Waals surface area (Å²) in [6.45, 7) is 2.79. The van der Waals surface area contributed by atoms with E-state index in [1.807, 2.05) is 12.3 Å². The van der Waals surface area contributed by atoms with Crippen molar-refractivity contribution in [1.82, 2.24) is 15.1 Å². The molecule has 0 unspecified atom stereocenters. The molecule has 0 fully saturated rings. The first-order valence-electron chi connectivity index (χ1n) is 9.76. The molecule has 3 heteroatoms. The molecule has 0 atom stereocenters. The highest BCUT2D eigenvalue weighted by atomic mass is 15.1. The molecule has 28 heavy (non-hydrogen) atoms. The van der Waals surface area contributed by atoms with Crippen LogP contribution in [0.3, 0.4) is 0 Å². The van der Waals surface area contributed by atoms with Gasteiger partial charge in [0.25, 0.3) is 0 Å². The highest BCUT2D eigenvalue weighted by molar-refractivity contribution is 5.62. The molecule has 0 aliphatic carbocycles. The van der Waals surface area contributed by atoms with Crippen LogP contribution in [0.5, 0.6) is 0 Å². The van der Waals surface area contributed by atoms with E-state index in [-0.39, 0.29) is 0 Å². The summed E-state index contributed by atoms with van der Waals surface area (Å²) in [6.07, 6.45) is 3.00. The van der Waals surface area contributed by atoms with Gasteiger partial charge in [-0.15, -0.1) is 0 Å². The molecule has 0 saturated carbocycles. The molecule has 1 aromatic heterocycles. The van der Waals surface area contributed by atoms with Crippen LogP contribution in [-0.4, -0.2) is 21.6 Å². The van der Waals surface area contributed by atoms with Crippen LogP contribution in [-0.2, 0) is 19.5 Å². The maximum atomic E-state index is 4.33. The Morgan fingerprint density at radius 2 is 1.29 bits per heavy atom.